The molecule has 1 N–H and O–H groups in total. The zero-order chi connectivity index (χ0) is 5.11. The van der Waals surface area contributed by atoms with Crippen LogP contribution in [0.1, 0.15) is 12.8 Å². The largest absolute Gasteiger partial charge is 0.417 e. The fraction of sp³-hybridized carbons (Fsp3) is 0.600. The molecule has 0 radical (unpaired) electrons. The Morgan fingerprint density at radius 3 is 2.86 bits per heavy atom. The number of rotatable bonds is 3. The lowest BCUT2D eigenvalue weighted by Crippen LogP contribution is -2.12. The van der Waals surface area contributed by atoms with E-state index < -0.39 is 0 Å². The molecule has 0 saturated heterocycles. The van der Waals surface area contributed by atoms with Gasteiger partial charge in [-0.25, -0.2) is 0 Å². The maximum Gasteiger partial charge on any atom is 0.104 e. The van der Waals surface area contributed by atoms with E-state index in [4.69, 9.17) is 0 Å². The molecule has 0 spiro atoms. The van der Waals surface area contributed by atoms with Gasteiger partial charge in [0, 0.05) is 6.04 Å². The highest BCUT2D eigenvalue weighted by Gasteiger charge is 2.20. The number of nitrogens with one attached hydrogen (secondary N) is 1. The summed E-state index contributed by atoms with van der Waals surface area (Å²) >= 11 is 0. The van der Waals surface area contributed by atoms with Gasteiger partial charge in [-0.3, -0.25) is 0 Å². The second-order valence-corrected chi connectivity index (χ2v) is 1.68. The molecule has 0 atom stereocenters. The molecule has 0 bridgehead atoms. The molecule has 1 rings (SSSR count). The SMILES string of the molecule is C=CONC1CC1. The van der Waals surface area contributed by atoms with Crippen molar-refractivity contribution >= 4 is 0 Å². The molecular weight excluding hydrogens is 90.1 g/mol. The summed E-state index contributed by atoms with van der Waals surface area (Å²) in [5.41, 5.74) is 2.79. The minimum Gasteiger partial charge on any atom is -0.417 e. The highest BCUT2D eigenvalue weighted by molar-refractivity contribution is 4.77. The maximum atomic E-state index is 4.67. The van der Waals surface area contributed by atoms with Gasteiger partial charge in [-0.1, -0.05) is 6.58 Å². The lowest BCUT2D eigenvalue weighted by molar-refractivity contribution is 0.130. The van der Waals surface area contributed by atoms with Crippen molar-refractivity contribution < 1.29 is 4.84 Å². The van der Waals surface area contributed by atoms with Crippen LogP contribution < -0.4 is 5.48 Å². The standard InChI is InChI=1S/C5H9NO/c1-2-7-6-5-3-4-5/h2,5-6H,1,3-4H2. The molecule has 2 heteroatoms. The summed E-state index contributed by atoms with van der Waals surface area (Å²) in [6, 6.07) is 0.609. The smallest absolute Gasteiger partial charge is 0.104 e. The molecule has 0 aliphatic heterocycles. The van der Waals surface area contributed by atoms with Crippen LogP contribution in [-0.2, 0) is 4.84 Å². The van der Waals surface area contributed by atoms with E-state index in [1.54, 1.807) is 0 Å². The van der Waals surface area contributed by atoms with Crippen molar-refractivity contribution in [1.29, 1.82) is 0 Å². The van der Waals surface area contributed by atoms with E-state index in [2.05, 4.69) is 16.9 Å². The molecule has 0 amide bonds. The van der Waals surface area contributed by atoms with Crippen LogP contribution in [0.3, 0.4) is 0 Å². The fourth-order valence-corrected chi connectivity index (χ4v) is 0.346. The third-order valence-electron chi connectivity index (χ3n) is 0.895. The normalized spacial score (nSPS) is 18.9. The van der Waals surface area contributed by atoms with Crippen molar-refractivity contribution in [2.45, 2.75) is 18.9 Å². The molecule has 0 aromatic carbocycles. The Bertz CT molecular complexity index is 68.5. The highest BCUT2D eigenvalue weighted by atomic mass is 16.6. The Kier molecular flexibility index (Phi) is 1.32. The van der Waals surface area contributed by atoms with E-state index in [9.17, 15) is 0 Å². The number of hydroxylamine groups is 1. The van der Waals surface area contributed by atoms with Crippen molar-refractivity contribution in [2.75, 3.05) is 0 Å². The molecular formula is C5H9NO. The van der Waals surface area contributed by atoms with Crippen LogP contribution in [0.15, 0.2) is 12.8 Å². The van der Waals surface area contributed by atoms with Crippen LogP contribution in [0.4, 0.5) is 0 Å². The third-order valence-corrected chi connectivity index (χ3v) is 0.895. The molecule has 0 heterocycles. The van der Waals surface area contributed by atoms with Gasteiger partial charge in [0.25, 0.3) is 0 Å². The summed E-state index contributed by atoms with van der Waals surface area (Å²) < 4.78 is 0. The van der Waals surface area contributed by atoms with Gasteiger partial charge in [0.05, 0.1) is 0 Å². The van der Waals surface area contributed by atoms with Crippen LogP contribution in [-0.4, -0.2) is 6.04 Å². The molecule has 0 aromatic rings. The first-order chi connectivity index (χ1) is 3.43. The van der Waals surface area contributed by atoms with E-state index in [1.807, 2.05) is 0 Å². The molecule has 1 aliphatic carbocycles. The minimum absolute atomic E-state index is 0.609. The van der Waals surface area contributed by atoms with Crippen LogP contribution in [0.2, 0.25) is 0 Å². The predicted molar refractivity (Wildman–Crippen MR) is 27.4 cm³/mol. The Morgan fingerprint density at radius 2 is 2.43 bits per heavy atom. The minimum atomic E-state index is 0.609. The Hall–Kier alpha value is -0.500. The Balaban J connectivity index is 1.88. The summed E-state index contributed by atoms with van der Waals surface area (Å²) in [5.74, 6) is 0. The summed E-state index contributed by atoms with van der Waals surface area (Å²) in [6.45, 7) is 3.38. The van der Waals surface area contributed by atoms with Crippen molar-refractivity contribution in [1.82, 2.24) is 5.48 Å². The monoisotopic (exact) mass is 99.1 g/mol. The molecule has 2 nitrogen and oxygen atoms in total. The van der Waals surface area contributed by atoms with Crippen molar-refractivity contribution in [3.63, 3.8) is 0 Å². The first kappa shape index (κ1) is 4.65. The first-order valence-corrected chi connectivity index (χ1v) is 2.45. The van der Waals surface area contributed by atoms with Crippen molar-refractivity contribution in [3.8, 4) is 0 Å². The lowest BCUT2D eigenvalue weighted by atomic mass is 10.8. The summed E-state index contributed by atoms with van der Waals surface area (Å²) in [6.07, 6.45) is 3.89. The fourth-order valence-electron chi connectivity index (χ4n) is 0.346. The van der Waals surface area contributed by atoms with Crippen LogP contribution in [0, 0.1) is 0 Å². The number of hydrogen-bond donors (Lipinski definition) is 1. The van der Waals surface area contributed by atoms with Crippen LogP contribution >= 0.6 is 0 Å². The topological polar surface area (TPSA) is 21.3 Å². The maximum absolute atomic E-state index is 4.67. The molecule has 0 aromatic heterocycles. The van der Waals surface area contributed by atoms with Gasteiger partial charge in [0.2, 0.25) is 0 Å². The van der Waals surface area contributed by atoms with E-state index in [0.29, 0.717) is 6.04 Å². The molecule has 40 valence electrons. The van der Waals surface area contributed by atoms with Gasteiger partial charge in [-0.05, 0) is 12.8 Å². The zero-order valence-electron chi connectivity index (χ0n) is 4.18. The second kappa shape index (κ2) is 1.98. The van der Waals surface area contributed by atoms with Gasteiger partial charge < -0.3 is 4.84 Å². The molecule has 0 unspecified atom stereocenters. The van der Waals surface area contributed by atoms with Gasteiger partial charge in [0.1, 0.15) is 6.26 Å². The highest BCUT2D eigenvalue weighted by Crippen LogP contribution is 2.18. The van der Waals surface area contributed by atoms with Crippen molar-refractivity contribution in [3.05, 3.63) is 12.8 Å². The van der Waals surface area contributed by atoms with Gasteiger partial charge in [-0.15, -0.1) is 0 Å². The van der Waals surface area contributed by atoms with E-state index >= 15 is 0 Å². The quantitative estimate of drug-likeness (QED) is 0.417. The molecule has 7 heavy (non-hydrogen) atoms. The zero-order valence-corrected chi connectivity index (χ0v) is 4.18. The average molecular weight is 99.1 g/mol. The van der Waals surface area contributed by atoms with Gasteiger partial charge >= 0.3 is 0 Å². The van der Waals surface area contributed by atoms with E-state index in [1.165, 1.54) is 19.1 Å². The first-order valence-electron chi connectivity index (χ1n) is 2.45. The third kappa shape index (κ3) is 1.59. The molecule has 1 fully saturated rings. The van der Waals surface area contributed by atoms with Crippen LogP contribution in [0.5, 0.6) is 0 Å². The summed E-state index contributed by atoms with van der Waals surface area (Å²) in [7, 11) is 0. The van der Waals surface area contributed by atoms with Gasteiger partial charge in [-0.2, -0.15) is 5.48 Å². The van der Waals surface area contributed by atoms with E-state index in [0.717, 1.165) is 0 Å². The lowest BCUT2D eigenvalue weighted by Gasteiger charge is -1.95. The predicted octanol–water partition coefficient (Wildman–Crippen LogP) is 0.813. The summed E-state index contributed by atoms with van der Waals surface area (Å²) in [5, 5.41) is 0. The Labute approximate surface area is 43.1 Å². The van der Waals surface area contributed by atoms with Crippen molar-refractivity contribution in [2.24, 2.45) is 0 Å². The van der Waals surface area contributed by atoms with E-state index in [-0.39, 0.29) is 0 Å². The molecule has 1 aliphatic rings. The molecule has 1 saturated carbocycles. The Morgan fingerprint density at radius 1 is 1.71 bits per heavy atom. The van der Waals surface area contributed by atoms with Gasteiger partial charge in [0.15, 0.2) is 0 Å². The number of hydrogen-bond acceptors (Lipinski definition) is 2. The second-order valence-electron chi connectivity index (χ2n) is 1.68. The summed E-state index contributed by atoms with van der Waals surface area (Å²) in [4.78, 5) is 4.67. The average Bonchev–Trinajstić information content (AvgIpc) is 2.42. The van der Waals surface area contributed by atoms with Crippen LogP contribution in [0.25, 0.3) is 0 Å².